The third-order valence-corrected chi connectivity index (χ3v) is 2.82. The lowest BCUT2D eigenvalue weighted by Crippen LogP contribution is -2.32. The van der Waals surface area contributed by atoms with Gasteiger partial charge in [0.1, 0.15) is 0 Å². The summed E-state index contributed by atoms with van der Waals surface area (Å²) in [5, 5.41) is 0. The molecule has 0 unspecified atom stereocenters. The Hall–Kier alpha value is -2.01. The lowest BCUT2D eigenvalue weighted by atomic mass is 10.1. The number of rotatable bonds is 3. The van der Waals surface area contributed by atoms with E-state index in [9.17, 15) is 18.0 Å². The van der Waals surface area contributed by atoms with E-state index in [0.29, 0.717) is 0 Å². The highest BCUT2D eigenvalue weighted by molar-refractivity contribution is 7.85. The number of nitrogens with two attached hydrogens (primary N) is 2. The van der Waals surface area contributed by atoms with Crippen LogP contribution in [0.3, 0.4) is 0 Å². The summed E-state index contributed by atoms with van der Waals surface area (Å²) in [4.78, 5) is 21.9. The van der Waals surface area contributed by atoms with Crippen LogP contribution < -0.4 is 22.5 Å². The second-order valence-corrected chi connectivity index (χ2v) is 4.59. The first-order valence-electron chi connectivity index (χ1n) is 4.44. The van der Waals surface area contributed by atoms with Crippen LogP contribution >= 0.6 is 0 Å². The molecule has 0 aromatic heterocycles. The van der Waals surface area contributed by atoms with Crippen molar-refractivity contribution in [1.29, 1.82) is 0 Å². The van der Waals surface area contributed by atoms with Gasteiger partial charge in [-0.2, -0.15) is 8.42 Å². The average Bonchev–Trinajstić information content (AvgIpc) is 2.35. The summed E-state index contributed by atoms with van der Waals surface area (Å²) in [6, 6.07) is 2.80. The van der Waals surface area contributed by atoms with E-state index in [4.69, 9.17) is 16.2 Å². The molecule has 0 spiro atoms. The molecule has 1 aromatic carbocycles. The molecule has 0 aliphatic heterocycles. The molecule has 2 amide bonds. The van der Waals surface area contributed by atoms with E-state index in [2.05, 4.69) is 0 Å². The Morgan fingerprint density at radius 2 is 1.39 bits per heavy atom. The summed E-state index contributed by atoms with van der Waals surface area (Å²) in [5.41, 5.74) is 3.10. The Morgan fingerprint density at radius 1 is 1.00 bits per heavy atom. The van der Waals surface area contributed by atoms with Gasteiger partial charge in [-0.1, -0.05) is 0 Å². The van der Waals surface area contributed by atoms with Crippen molar-refractivity contribution in [2.75, 3.05) is 0 Å². The molecule has 1 aromatic rings. The highest BCUT2D eigenvalue weighted by Gasteiger charge is 2.17. The summed E-state index contributed by atoms with van der Waals surface area (Å²) in [5.74, 6) is 8.12. The Bertz CT molecular complexity index is 563. The summed E-state index contributed by atoms with van der Waals surface area (Å²) < 4.78 is 30.9. The minimum Gasteiger partial charge on any atom is -0.290 e. The number of hydrazine groups is 2. The number of nitrogen functional groups attached to an aromatic ring is 2. The third-order valence-electron chi connectivity index (χ3n) is 1.99. The second-order valence-electron chi connectivity index (χ2n) is 3.17. The largest absolute Gasteiger partial charge is 0.294 e. The van der Waals surface area contributed by atoms with E-state index in [1.165, 1.54) is 0 Å². The molecule has 9 nitrogen and oxygen atoms in total. The fraction of sp³-hybridized carbons (Fsp3) is 0. The van der Waals surface area contributed by atoms with E-state index >= 15 is 0 Å². The van der Waals surface area contributed by atoms with Crippen molar-refractivity contribution in [2.45, 2.75) is 4.90 Å². The first kappa shape index (κ1) is 14.1. The molecule has 18 heavy (non-hydrogen) atoms. The molecule has 0 bridgehead atoms. The molecular weight excluding hydrogens is 264 g/mol. The Balaban J connectivity index is 3.48. The number of hydrogen-bond acceptors (Lipinski definition) is 6. The normalized spacial score (nSPS) is 10.8. The van der Waals surface area contributed by atoms with E-state index < -0.39 is 26.8 Å². The molecule has 98 valence electrons. The van der Waals surface area contributed by atoms with Crippen LogP contribution in [0.15, 0.2) is 23.1 Å². The Kier molecular flexibility index (Phi) is 3.98. The van der Waals surface area contributed by atoms with Crippen LogP contribution in [-0.4, -0.2) is 24.8 Å². The van der Waals surface area contributed by atoms with Crippen molar-refractivity contribution in [1.82, 2.24) is 10.9 Å². The third kappa shape index (κ3) is 3.01. The van der Waals surface area contributed by atoms with E-state index in [0.717, 1.165) is 18.2 Å². The number of amides is 2. The number of benzene rings is 1. The smallest absolute Gasteiger partial charge is 0.290 e. The van der Waals surface area contributed by atoms with Gasteiger partial charge in [0.25, 0.3) is 21.9 Å². The van der Waals surface area contributed by atoms with Crippen LogP contribution in [0.5, 0.6) is 0 Å². The molecule has 0 heterocycles. The molecule has 0 aliphatic rings. The Morgan fingerprint density at radius 3 is 1.67 bits per heavy atom. The molecule has 0 atom stereocenters. The van der Waals surface area contributed by atoms with Crippen LogP contribution in [0, 0.1) is 0 Å². The minimum absolute atomic E-state index is 0.216. The van der Waals surface area contributed by atoms with Gasteiger partial charge in [-0.15, -0.1) is 0 Å². The monoisotopic (exact) mass is 274 g/mol. The van der Waals surface area contributed by atoms with Gasteiger partial charge < -0.3 is 0 Å². The predicted octanol–water partition coefficient (Wildman–Crippen LogP) is -1.86. The van der Waals surface area contributed by atoms with Crippen molar-refractivity contribution >= 4 is 21.9 Å². The first-order valence-corrected chi connectivity index (χ1v) is 5.88. The lowest BCUT2D eigenvalue weighted by Gasteiger charge is -2.06. The maximum absolute atomic E-state index is 11.3. The lowest BCUT2D eigenvalue weighted by molar-refractivity contribution is 0.0953. The summed E-state index contributed by atoms with van der Waals surface area (Å²) in [6.45, 7) is 0. The van der Waals surface area contributed by atoms with E-state index in [1.807, 2.05) is 0 Å². The SMILES string of the molecule is NNC(=O)c1cc(C(=O)NN)cc(S(=O)(=O)O)c1. The van der Waals surface area contributed by atoms with Gasteiger partial charge in [0.05, 0.1) is 4.90 Å². The summed E-state index contributed by atoms with van der Waals surface area (Å²) in [6.07, 6.45) is 0. The number of nitrogens with one attached hydrogen (secondary N) is 2. The number of hydrogen-bond donors (Lipinski definition) is 5. The van der Waals surface area contributed by atoms with Crippen LogP contribution in [0.1, 0.15) is 20.7 Å². The highest BCUT2D eigenvalue weighted by atomic mass is 32.2. The topological polar surface area (TPSA) is 165 Å². The van der Waals surface area contributed by atoms with Crippen molar-refractivity contribution in [3.05, 3.63) is 29.3 Å². The van der Waals surface area contributed by atoms with E-state index in [1.54, 1.807) is 10.9 Å². The zero-order chi connectivity index (χ0) is 13.9. The minimum atomic E-state index is -4.57. The van der Waals surface area contributed by atoms with Crippen molar-refractivity contribution in [3.63, 3.8) is 0 Å². The average molecular weight is 274 g/mol. The van der Waals surface area contributed by atoms with E-state index in [-0.39, 0.29) is 11.1 Å². The van der Waals surface area contributed by atoms with Gasteiger partial charge >= 0.3 is 0 Å². The molecule has 1 rings (SSSR count). The summed E-state index contributed by atoms with van der Waals surface area (Å²) >= 11 is 0. The van der Waals surface area contributed by atoms with Gasteiger partial charge in [-0.05, 0) is 18.2 Å². The molecule has 0 radical (unpaired) electrons. The first-order chi connectivity index (χ1) is 8.29. The van der Waals surface area contributed by atoms with Gasteiger partial charge in [0.2, 0.25) is 0 Å². The number of carbonyl (C=O) groups excluding carboxylic acids is 2. The van der Waals surface area contributed by atoms with Crippen molar-refractivity contribution in [2.24, 2.45) is 11.7 Å². The van der Waals surface area contributed by atoms with Gasteiger partial charge in [0.15, 0.2) is 0 Å². The van der Waals surface area contributed by atoms with Crippen LogP contribution in [0.25, 0.3) is 0 Å². The predicted molar refractivity (Wildman–Crippen MR) is 59.6 cm³/mol. The zero-order valence-corrected chi connectivity index (χ0v) is 9.69. The molecule has 7 N–H and O–H groups in total. The van der Waals surface area contributed by atoms with Crippen molar-refractivity contribution < 1.29 is 22.6 Å². The summed E-state index contributed by atoms with van der Waals surface area (Å²) in [7, 11) is -4.57. The Labute approximate surface area is 102 Å². The maximum atomic E-state index is 11.3. The van der Waals surface area contributed by atoms with Crippen LogP contribution in [0.2, 0.25) is 0 Å². The molecule has 0 fully saturated rings. The standard InChI is InChI=1S/C8H10N4O5S/c9-11-7(13)4-1-5(8(14)12-10)3-6(2-4)18(15,16)17/h1-3H,9-10H2,(H,11,13)(H,12,14)(H,15,16,17). The zero-order valence-electron chi connectivity index (χ0n) is 8.88. The molecule has 0 saturated carbocycles. The fourth-order valence-corrected chi connectivity index (χ4v) is 1.73. The quantitative estimate of drug-likeness (QED) is 0.186. The van der Waals surface area contributed by atoms with Gasteiger partial charge in [0, 0.05) is 11.1 Å². The molecular formula is C8H10N4O5S. The molecule has 0 saturated heterocycles. The molecule has 0 aliphatic carbocycles. The molecule has 10 heteroatoms. The number of carbonyl (C=O) groups is 2. The van der Waals surface area contributed by atoms with Gasteiger partial charge in [-0.25, -0.2) is 11.7 Å². The fourth-order valence-electron chi connectivity index (χ4n) is 1.18. The van der Waals surface area contributed by atoms with Gasteiger partial charge in [-0.3, -0.25) is 25.0 Å². The van der Waals surface area contributed by atoms with Crippen LogP contribution in [0.4, 0.5) is 0 Å². The van der Waals surface area contributed by atoms with Crippen molar-refractivity contribution in [3.8, 4) is 0 Å². The van der Waals surface area contributed by atoms with Crippen LogP contribution in [-0.2, 0) is 10.1 Å². The highest BCUT2D eigenvalue weighted by Crippen LogP contribution is 2.15. The maximum Gasteiger partial charge on any atom is 0.294 e. The second kappa shape index (κ2) is 5.10.